The van der Waals surface area contributed by atoms with E-state index in [2.05, 4.69) is 18.2 Å². The summed E-state index contributed by atoms with van der Waals surface area (Å²) in [5.41, 5.74) is -0.590. The van der Waals surface area contributed by atoms with Crippen LogP contribution in [-0.2, 0) is 4.79 Å². The summed E-state index contributed by atoms with van der Waals surface area (Å²) in [5.74, 6) is 1.77. The lowest BCUT2D eigenvalue weighted by atomic mass is 9.78. The Balaban J connectivity index is 0. The van der Waals surface area contributed by atoms with E-state index in [-0.39, 0.29) is 19.7 Å². The van der Waals surface area contributed by atoms with Crippen LogP contribution in [0.5, 0.6) is 5.75 Å². The van der Waals surface area contributed by atoms with E-state index in [1.807, 2.05) is 13.8 Å². The van der Waals surface area contributed by atoms with Gasteiger partial charge in [-0.3, -0.25) is 4.79 Å². The molecule has 23 heavy (non-hydrogen) atoms. The lowest BCUT2D eigenvalue weighted by Gasteiger charge is -2.31. The van der Waals surface area contributed by atoms with Gasteiger partial charge in [0, 0.05) is 8.47 Å². The van der Waals surface area contributed by atoms with Crippen molar-refractivity contribution in [3.63, 3.8) is 0 Å². The van der Waals surface area contributed by atoms with E-state index >= 15 is 0 Å². The number of hydrogen-bond donors (Lipinski definition) is 2. The summed E-state index contributed by atoms with van der Waals surface area (Å²) < 4.78 is 18.0. The smallest absolute Gasteiger partial charge is 0.257 e. The van der Waals surface area contributed by atoms with Crippen LogP contribution in [0.4, 0.5) is 4.39 Å². The molecule has 1 radical (unpaired) electrons. The van der Waals surface area contributed by atoms with Gasteiger partial charge in [-0.15, -0.1) is 6.42 Å². The molecule has 129 valence electrons. The summed E-state index contributed by atoms with van der Waals surface area (Å²) in [6, 6.07) is 4.22. The maximum absolute atomic E-state index is 13.0. The topological polar surface area (TPSA) is 58.6 Å². The fraction of sp³-hybridized carbons (Fsp3) is 0.444. The van der Waals surface area contributed by atoms with Crippen molar-refractivity contribution in [2.45, 2.75) is 33.3 Å². The van der Waals surface area contributed by atoms with Crippen molar-refractivity contribution in [2.24, 2.45) is 5.41 Å². The number of carbonyl (C=O) groups is 1. The van der Waals surface area contributed by atoms with Crippen LogP contribution in [0.1, 0.15) is 34.7 Å². The molecule has 0 heterocycles. The van der Waals surface area contributed by atoms with Gasteiger partial charge >= 0.3 is 0 Å². The van der Waals surface area contributed by atoms with E-state index in [0.29, 0.717) is 5.56 Å². The van der Waals surface area contributed by atoms with Gasteiger partial charge < -0.3 is 15.2 Å². The Morgan fingerprint density at radius 3 is 2.43 bits per heavy atom. The lowest BCUT2D eigenvalue weighted by molar-refractivity contribution is -0.122. The summed E-state index contributed by atoms with van der Waals surface area (Å²) in [6.45, 7) is 10.5. The molecule has 4 nitrogen and oxygen atoms in total. The highest BCUT2D eigenvalue weighted by molar-refractivity contribution is 5.77. The Hall–Kier alpha value is -2.06. The second-order valence-electron chi connectivity index (χ2n) is 6.05. The minimum atomic E-state index is -0.790. The number of hydrogen-bond acceptors (Lipinski definition) is 3. The van der Waals surface area contributed by atoms with E-state index in [9.17, 15) is 14.3 Å². The van der Waals surface area contributed by atoms with E-state index in [0.717, 1.165) is 0 Å². The lowest BCUT2D eigenvalue weighted by Crippen LogP contribution is -2.37. The molecule has 0 fully saturated rings. The molecule has 1 amide bonds. The molecule has 0 bridgehead atoms. The summed E-state index contributed by atoms with van der Waals surface area (Å²) >= 11 is 0. The van der Waals surface area contributed by atoms with Crippen molar-refractivity contribution >= 4 is 5.91 Å². The maximum atomic E-state index is 13.0. The SMILES string of the molecule is C#CC(C)(C)C(C)(C)O.[CH2]c1ccc(F)c(OCC(=O)NC)c1.[HH]. The molecule has 0 saturated carbocycles. The second kappa shape index (κ2) is 8.54. The fourth-order valence-corrected chi connectivity index (χ4v) is 1.05. The number of halogens is 1. The van der Waals surface area contributed by atoms with Crippen LogP contribution in [-0.4, -0.2) is 30.3 Å². The van der Waals surface area contributed by atoms with Crippen molar-refractivity contribution in [1.82, 2.24) is 5.32 Å². The Kier molecular flexibility index (Phi) is 7.78. The average Bonchev–Trinajstić information content (AvgIpc) is 2.47. The highest BCUT2D eigenvalue weighted by atomic mass is 19.1. The van der Waals surface area contributed by atoms with Crippen LogP contribution in [0.2, 0.25) is 0 Å². The number of likely N-dealkylation sites (N-methyl/N-ethyl adjacent to an activating group) is 1. The van der Waals surface area contributed by atoms with Gasteiger partial charge in [0.15, 0.2) is 18.2 Å². The van der Waals surface area contributed by atoms with E-state index < -0.39 is 16.8 Å². The quantitative estimate of drug-likeness (QED) is 0.837. The Bertz CT molecular complexity index is 575. The van der Waals surface area contributed by atoms with Crippen molar-refractivity contribution in [3.8, 4) is 18.1 Å². The third kappa shape index (κ3) is 7.16. The van der Waals surface area contributed by atoms with Crippen LogP contribution in [0.3, 0.4) is 0 Å². The first-order valence-corrected chi connectivity index (χ1v) is 7.09. The summed E-state index contributed by atoms with van der Waals surface area (Å²) in [5, 5.41) is 11.8. The van der Waals surface area contributed by atoms with Gasteiger partial charge in [-0.1, -0.05) is 12.0 Å². The first kappa shape index (κ1) is 20.9. The van der Waals surface area contributed by atoms with E-state index in [1.165, 1.54) is 25.2 Å². The Morgan fingerprint density at radius 2 is 2.04 bits per heavy atom. The molecule has 1 aromatic rings. The van der Waals surface area contributed by atoms with Crippen LogP contribution in [0, 0.1) is 30.5 Å². The second-order valence-corrected chi connectivity index (χ2v) is 6.05. The molecule has 0 aromatic heterocycles. The predicted molar refractivity (Wildman–Crippen MR) is 91.4 cm³/mol. The molecule has 1 aromatic carbocycles. The molecular weight excluding hydrogens is 297 g/mol. The molecule has 0 spiro atoms. The number of carbonyl (C=O) groups excluding carboxylic acids is 1. The number of aliphatic hydroxyl groups is 1. The number of ether oxygens (including phenoxy) is 1. The molecule has 0 aliphatic carbocycles. The zero-order chi connectivity index (χ0) is 18.3. The maximum Gasteiger partial charge on any atom is 0.257 e. The van der Waals surface area contributed by atoms with Gasteiger partial charge in [-0.2, -0.15) is 0 Å². The number of terminal acetylenes is 1. The molecular formula is C18H27FNO3. The van der Waals surface area contributed by atoms with Gasteiger partial charge in [0.05, 0.1) is 11.0 Å². The number of amides is 1. The molecule has 5 heteroatoms. The monoisotopic (exact) mass is 324 g/mol. The van der Waals surface area contributed by atoms with Crippen LogP contribution in [0.15, 0.2) is 18.2 Å². The number of benzene rings is 1. The summed E-state index contributed by atoms with van der Waals surface area (Å²) in [6.07, 6.45) is 5.18. The normalized spacial score (nSPS) is 10.9. The van der Waals surface area contributed by atoms with E-state index in [1.54, 1.807) is 13.8 Å². The minimum Gasteiger partial charge on any atom is -0.481 e. The average molecular weight is 324 g/mol. The van der Waals surface area contributed by atoms with Crippen molar-refractivity contribution in [1.29, 1.82) is 0 Å². The molecule has 1 rings (SSSR count). The van der Waals surface area contributed by atoms with Crippen molar-refractivity contribution < 1.29 is 20.5 Å². The number of nitrogens with one attached hydrogen (secondary N) is 1. The molecule has 0 aliphatic heterocycles. The van der Waals surface area contributed by atoms with E-state index in [4.69, 9.17) is 11.2 Å². The Morgan fingerprint density at radius 1 is 1.48 bits per heavy atom. The standard InChI is InChI=1S/C10H11FNO2.C8H14O.H2/c1-7-3-4-8(11)9(5-7)14-6-10(13)12-2;1-6-7(2,3)8(4,5)9;/h3-5H,1,6H2,2H3,(H,12,13);1,9H,2-5H3;1H. The van der Waals surface area contributed by atoms with Crippen LogP contribution < -0.4 is 10.1 Å². The predicted octanol–water partition coefficient (Wildman–Crippen LogP) is 2.80. The highest BCUT2D eigenvalue weighted by Crippen LogP contribution is 2.28. The molecule has 0 atom stereocenters. The zero-order valence-corrected chi connectivity index (χ0v) is 14.4. The summed E-state index contributed by atoms with van der Waals surface area (Å²) in [7, 11) is 1.49. The highest BCUT2D eigenvalue weighted by Gasteiger charge is 2.32. The first-order valence-electron chi connectivity index (χ1n) is 7.09. The van der Waals surface area contributed by atoms with Gasteiger partial charge in [0.2, 0.25) is 0 Å². The van der Waals surface area contributed by atoms with Gasteiger partial charge in [-0.05, 0) is 52.3 Å². The minimum absolute atomic E-state index is 0. The molecule has 0 saturated heterocycles. The molecule has 2 N–H and O–H groups in total. The van der Waals surface area contributed by atoms with Crippen molar-refractivity contribution in [3.05, 3.63) is 36.5 Å². The van der Waals surface area contributed by atoms with Crippen LogP contribution in [0.25, 0.3) is 0 Å². The summed E-state index contributed by atoms with van der Waals surface area (Å²) in [4.78, 5) is 10.8. The van der Waals surface area contributed by atoms with Gasteiger partial charge in [-0.25, -0.2) is 4.39 Å². The van der Waals surface area contributed by atoms with Gasteiger partial charge in [0.1, 0.15) is 0 Å². The largest absolute Gasteiger partial charge is 0.481 e. The Labute approximate surface area is 139 Å². The third-order valence-corrected chi connectivity index (χ3v) is 3.52. The van der Waals surface area contributed by atoms with Crippen molar-refractivity contribution in [2.75, 3.05) is 13.7 Å². The van der Waals surface area contributed by atoms with Crippen LogP contribution >= 0.6 is 0 Å². The third-order valence-electron chi connectivity index (χ3n) is 3.52. The molecule has 0 aliphatic rings. The fourth-order valence-electron chi connectivity index (χ4n) is 1.05. The van der Waals surface area contributed by atoms with Gasteiger partial charge in [0.25, 0.3) is 5.91 Å². The number of rotatable bonds is 4. The molecule has 0 unspecified atom stereocenters. The zero-order valence-electron chi connectivity index (χ0n) is 14.4. The first-order chi connectivity index (χ1) is 10.4.